The summed E-state index contributed by atoms with van der Waals surface area (Å²) in [7, 11) is 0. The molecule has 144 valence electrons. The van der Waals surface area contributed by atoms with Crippen LogP contribution in [0, 0.1) is 13.8 Å². The lowest BCUT2D eigenvalue weighted by molar-refractivity contribution is -0.115. The molecule has 0 aliphatic heterocycles. The minimum Gasteiger partial charge on any atom is -0.348 e. The Morgan fingerprint density at radius 2 is 1.82 bits per heavy atom. The average Bonchev–Trinajstić information content (AvgIpc) is 3.06. The van der Waals surface area contributed by atoms with E-state index < -0.39 is 0 Å². The van der Waals surface area contributed by atoms with Crippen LogP contribution >= 0.6 is 0 Å². The maximum atomic E-state index is 12.4. The summed E-state index contributed by atoms with van der Waals surface area (Å²) in [6.45, 7) is 6.16. The van der Waals surface area contributed by atoms with Crippen molar-refractivity contribution in [2.75, 3.05) is 5.32 Å². The van der Waals surface area contributed by atoms with Crippen LogP contribution in [0.4, 0.5) is 5.69 Å². The molecule has 0 spiro atoms. The average molecular weight is 376 g/mol. The van der Waals surface area contributed by atoms with Crippen molar-refractivity contribution in [2.45, 2.75) is 33.7 Å². The van der Waals surface area contributed by atoms with Gasteiger partial charge < -0.3 is 10.6 Å². The summed E-state index contributed by atoms with van der Waals surface area (Å²) in [6, 6.07) is 15.3. The SMILES string of the molecule is CCC(=O)Nc1cn(-c2ccc(C(=O)NCc3cccc(C)c3)cc2)nc1C. The topological polar surface area (TPSA) is 76.0 Å². The van der Waals surface area contributed by atoms with Gasteiger partial charge in [-0.1, -0.05) is 36.8 Å². The van der Waals surface area contributed by atoms with Crippen LogP contribution in [0.1, 0.15) is 40.5 Å². The number of hydrogen-bond donors (Lipinski definition) is 2. The Morgan fingerprint density at radius 3 is 2.50 bits per heavy atom. The van der Waals surface area contributed by atoms with Gasteiger partial charge in [-0.25, -0.2) is 4.68 Å². The van der Waals surface area contributed by atoms with Gasteiger partial charge in [0.1, 0.15) is 0 Å². The molecule has 0 saturated heterocycles. The molecule has 1 heterocycles. The van der Waals surface area contributed by atoms with E-state index in [1.54, 1.807) is 29.9 Å². The van der Waals surface area contributed by atoms with Crippen LogP contribution in [0.15, 0.2) is 54.7 Å². The van der Waals surface area contributed by atoms with Crippen LogP contribution in [0.2, 0.25) is 0 Å². The van der Waals surface area contributed by atoms with E-state index in [9.17, 15) is 9.59 Å². The summed E-state index contributed by atoms with van der Waals surface area (Å²) in [4.78, 5) is 24.0. The highest BCUT2D eigenvalue weighted by Gasteiger charge is 2.10. The van der Waals surface area contributed by atoms with Crippen molar-refractivity contribution in [3.63, 3.8) is 0 Å². The molecule has 0 radical (unpaired) electrons. The lowest BCUT2D eigenvalue weighted by atomic mass is 10.1. The number of carbonyl (C=O) groups is 2. The summed E-state index contributed by atoms with van der Waals surface area (Å²) in [5.41, 5.74) is 5.06. The Balaban J connectivity index is 1.67. The van der Waals surface area contributed by atoms with E-state index in [2.05, 4.69) is 21.8 Å². The molecule has 2 N–H and O–H groups in total. The number of amides is 2. The molecule has 1 aromatic heterocycles. The highest BCUT2D eigenvalue weighted by Crippen LogP contribution is 2.17. The monoisotopic (exact) mass is 376 g/mol. The van der Waals surface area contributed by atoms with Crippen molar-refractivity contribution < 1.29 is 9.59 Å². The second-order valence-electron chi connectivity index (χ2n) is 6.69. The van der Waals surface area contributed by atoms with Crippen molar-refractivity contribution >= 4 is 17.5 Å². The van der Waals surface area contributed by atoms with E-state index in [0.29, 0.717) is 24.2 Å². The van der Waals surface area contributed by atoms with Gasteiger partial charge in [-0.3, -0.25) is 9.59 Å². The van der Waals surface area contributed by atoms with Gasteiger partial charge in [-0.2, -0.15) is 5.10 Å². The van der Waals surface area contributed by atoms with Crippen molar-refractivity contribution in [1.29, 1.82) is 0 Å². The number of rotatable bonds is 6. The van der Waals surface area contributed by atoms with E-state index in [1.807, 2.05) is 44.2 Å². The highest BCUT2D eigenvalue weighted by atomic mass is 16.2. The summed E-state index contributed by atoms with van der Waals surface area (Å²) in [5.74, 6) is -0.177. The summed E-state index contributed by atoms with van der Waals surface area (Å²) in [5, 5.41) is 10.2. The third-order valence-electron chi connectivity index (χ3n) is 4.42. The molecule has 2 amide bonds. The zero-order valence-corrected chi connectivity index (χ0v) is 16.3. The number of benzene rings is 2. The predicted octanol–water partition coefficient (Wildman–Crippen LogP) is 3.77. The molecule has 0 aliphatic carbocycles. The standard InChI is InChI=1S/C22H24N4O2/c1-4-21(27)24-20-14-26(25-16(20)3)19-10-8-18(9-11-19)22(28)23-13-17-7-5-6-15(2)12-17/h5-12,14H,4,13H2,1-3H3,(H,23,28)(H,24,27). The molecule has 0 bridgehead atoms. The quantitative estimate of drug-likeness (QED) is 0.688. The van der Waals surface area contributed by atoms with Gasteiger partial charge in [0.15, 0.2) is 0 Å². The number of nitrogens with one attached hydrogen (secondary N) is 2. The Labute approximate surface area is 164 Å². The maximum Gasteiger partial charge on any atom is 0.251 e. The molecule has 0 saturated carbocycles. The van der Waals surface area contributed by atoms with Crippen LogP contribution in [-0.2, 0) is 11.3 Å². The fraction of sp³-hybridized carbons (Fsp3) is 0.227. The Hall–Kier alpha value is -3.41. The van der Waals surface area contributed by atoms with Crippen molar-refractivity contribution in [2.24, 2.45) is 0 Å². The van der Waals surface area contributed by atoms with Gasteiger partial charge >= 0.3 is 0 Å². The first-order valence-corrected chi connectivity index (χ1v) is 9.26. The fourth-order valence-electron chi connectivity index (χ4n) is 2.83. The van der Waals surface area contributed by atoms with E-state index in [1.165, 1.54) is 5.56 Å². The van der Waals surface area contributed by atoms with Gasteiger partial charge in [0.2, 0.25) is 5.91 Å². The molecule has 0 fully saturated rings. The van der Waals surface area contributed by atoms with Gasteiger partial charge in [0.05, 0.1) is 23.3 Å². The van der Waals surface area contributed by atoms with Crippen LogP contribution in [-0.4, -0.2) is 21.6 Å². The van der Waals surface area contributed by atoms with Crippen molar-refractivity contribution in [1.82, 2.24) is 15.1 Å². The highest BCUT2D eigenvalue weighted by molar-refractivity contribution is 5.94. The maximum absolute atomic E-state index is 12.4. The number of hydrogen-bond acceptors (Lipinski definition) is 3. The van der Waals surface area contributed by atoms with E-state index in [0.717, 1.165) is 16.9 Å². The summed E-state index contributed by atoms with van der Waals surface area (Å²) in [6.07, 6.45) is 2.19. The third-order valence-corrected chi connectivity index (χ3v) is 4.42. The van der Waals surface area contributed by atoms with Crippen LogP contribution in [0.5, 0.6) is 0 Å². The molecule has 0 unspecified atom stereocenters. The number of nitrogens with zero attached hydrogens (tertiary/aromatic N) is 2. The van der Waals surface area contributed by atoms with Gasteiger partial charge in [0.25, 0.3) is 5.91 Å². The van der Waals surface area contributed by atoms with Gasteiger partial charge in [-0.05, 0) is 43.7 Å². The Morgan fingerprint density at radius 1 is 1.07 bits per heavy atom. The lowest BCUT2D eigenvalue weighted by Crippen LogP contribution is -2.22. The largest absolute Gasteiger partial charge is 0.348 e. The molecule has 3 rings (SSSR count). The molecule has 28 heavy (non-hydrogen) atoms. The second-order valence-corrected chi connectivity index (χ2v) is 6.69. The third kappa shape index (κ3) is 4.65. The number of anilines is 1. The molecule has 0 aliphatic rings. The number of carbonyl (C=O) groups excluding carboxylic acids is 2. The minimum absolute atomic E-state index is 0.0525. The normalized spacial score (nSPS) is 10.5. The first-order chi connectivity index (χ1) is 13.5. The number of aryl methyl sites for hydroxylation is 2. The molecule has 3 aromatic rings. The van der Waals surface area contributed by atoms with E-state index >= 15 is 0 Å². The molecule has 2 aromatic carbocycles. The zero-order chi connectivity index (χ0) is 20.1. The van der Waals surface area contributed by atoms with Gasteiger partial charge in [0, 0.05) is 18.5 Å². The van der Waals surface area contributed by atoms with Crippen LogP contribution in [0.25, 0.3) is 5.69 Å². The van der Waals surface area contributed by atoms with E-state index in [4.69, 9.17) is 0 Å². The Kier molecular flexibility index (Phi) is 5.89. The van der Waals surface area contributed by atoms with Gasteiger partial charge in [-0.15, -0.1) is 0 Å². The van der Waals surface area contributed by atoms with Crippen LogP contribution < -0.4 is 10.6 Å². The zero-order valence-electron chi connectivity index (χ0n) is 16.3. The first kappa shape index (κ1) is 19.4. The summed E-state index contributed by atoms with van der Waals surface area (Å²) < 4.78 is 1.69. The molecule has 0 atom stereocenters. The first-order valence-electron chi connectivity index (χ1n) is 9.26. The minimum atomic E-state index is -0.124. The molecule has 6 heteroatoms. The molecular weight excluding hydrogens is 352 g/mol. The molecular formula is C22H24N4O2. The van der Waals surface area contributed by atoms with E-state index in [-0.39, 0.29) is 11.8 Å². The fourth-order valence-corrected chi connectivity index (χ4v) is 2.83. The lowest BCUT2D eigenvalue weighted by Gasteiger charge is -2.07. The second kappa shape index (κ2) is 8.52. The van der Waals surface area contributed by atoms with Crippen molar-refractivity contribution in [3.05, 3.63) is 77.1 Å². The summed E-state index contributed by atoms with van der Waals surface area (Å²) >= 11 is 0. The number of aromatic nitrogens is 2. The predicted molar refractivity (Wildman–Crippen MR) is 110 cm³/mol. The van der Waals surface area contributed by atoms with Crippen LogP contribution in [0.3, 0.4) is 0 Å². The Bertz CT molecular complexity index is 990. The smallest absolute Gasteiger partial charge is 0.251 e. The van der Waals surface area contributed by atoms with Crippen molar-refractivity contribution in [3.8, 4) is 5.69 Å². The molecule has 6 nitrogen and oxygen atoms in total.